The van der Waals surface area contributed by atoms with Gasteiger partial charge in [-0.1, -0.05) is 42.5 Å². The van der Waals surface area contributed by atoms with E-state index in [1.54, 1.807) is 33.8 Å². The Labute approximate surface area is 209 Å². The minimum absolute atomic E-state index is 0.173. The molecule has 8 nitrogen and oxygen atoms in total. The lowest BCUT2D eigenvalue weighted by Crippen LogP contribution is -2.41. The SMILES string of the molecule is O=C(c1nn(-c2cccc(Nc3ccccc3)c2)c2c1CS(=O)(=O)c1ccccc1-2)N1CCOCC1. The van der Waals surface area contributed by atoms with E-state index in [-0.39, 0.29) is 22.2 Å². The van der Waals surface area contributed by atoms with Crippen LogP contribution in [0.2, 0.25) is 0 Å². The van der Waals surface area contributed by atoms with E-state index in [1.807, 2.05) is 54.6 Å². The number of ether oxygens (including phenoxy) is 1. The summed E-state index contributed by atoms with van der Waals surface area (Å²) in [6.07, 6.45) is 0. The molecule has 2 aliphatic heterocycles. The molecule has 1 aromatic heterocycles. The Hall–Kier alpha value is -3.95. The zero-order chi connectivity index (χ0) is 24.7. The first-order valence-electron chi connectivity index (χ1n) is 11.7. The fourth-order valence-electron chi connectivity index (χ4n) is 4.74. The van der Waals surface area contributed by atoms with E-state index in [2.05, 4.69) is 5.32 Å². The van der Waals surface area contributed by atoms with Crippen LogP contribution in [0.4, 0.5) is 11.4 Å². The Kier molecular flexibility index (Phi) is 5.58. The number of sulfone groups is 1. The number of morpholine rings is 1. The van der Waals surface area contributed by atoms with E-state index in [9.17, 15) is 13.2 Å². The van der Waals surface area contributed by atoms with Gasteiger partial charge in [-0.15, -0.1) is 0 Å². The Bertz CT molecular complexity index is 1560. The van der Waals surface area contributed by atoms with Gasteiger partial charge in [0.25, 0.3) is 5.91 Å². The third-order valence-electron chi connectivity index (χ3n) is 6.45. The van der Waals surface area contributed by atoms with Gasteiger partial charge in [0.05, 0.1) is 35.2 Å². The minimum Gasteiger partial charge on any atom is -0.378 e. The number of nitrogens with one attached hydrogen (secondary N) is 1. The van der Waals surface area contributed by atoms with Crippen molar-refractivity contribution >= 4 is 27.1 Å². The van der Waals surface area contributed by atoms with Gasteiger partial charge in [-0.2, -0.15) is 5.10 Å². The van der Waals surface area contributed by atoms with Crippen LogP contribution >= 0.6 is 0 Å². The molecule has 1 N–H and O–H groups in total. The maximum absolute atomic E-state index is 13.5. The van der Waals surface area contributed by atoms with Crippen molar-refractivity contribution < 1.29 is 17.9 Å². The molecule has 1 saturated heterocycles. The Morgan fingerprint density at radius 2 is 1.61 bits per heavy atom. The van der Waals surface area contributed by atoms with Crippen LogP contribution in [-0.2, 0) is 20.3 Å². The number of para-hydroxylation sites is 1. The van der Waals surface area contributed by atoms with E-state index >= 15 is 0 Å². The maximum Gasteiger partial charge on any atom is 0.274 e. The zero-order valence-corrected chi connectivity index (χ0v) is 20.2. The molecular weight excluding hydrogens is 476 g/mol. The van der Waals surface area contributed by atoms with Crippen molar-refractivity contribution in [2.75, 3.05) is 31.6 Å². The quantitative estimate of drug-likeness (QED) is 0.455. The van der Waals surface area contributed by atoms with E-state index in [1.165, 1.54) is 0 Å². The maximum atomic E-state index is 13.5. The second-order valence-electron chi connectivity index (χ2n) is 8.79. The summed E-state index contributed by atoms with van der Waals surface area (Å²) in [5.41, 5.74) is 4.31. The van der Waals surface area contributed by atoms with Crippen molar-refractivity contribution in [3.63, 3.8) is 0 Å². The summed E-state index contributed by atoms with van der Waals surface area (Å²) in [5, 5.41) is 8.12. The first-order chi connectivity index (χ1) is 17.5. The molecule has 2 aliphatic rings. The van der Waals surface area contributed by atoms with Crippen LogP contribution in [-0.4, -0.2) is 55.3 Å². The number of benzene rings is 3. The lowest BCUT2D eigenvalue weighted by Gasteiger charge is -2.26. The van der Waals surface area contributed by atoms with Crippen molar-refractivity contribution in [1.29, 1.82) is 0 Å². The van der Waals surface area contributed by atoms with E-state index in [4.69, 9.17) is 9.84 Å². The highest BCUT2D eigenvalue weighted by Crippen LogP contribution is 2.41. The molecule has 6 rings (SSSR count). The number of carbonyl (C=O) groups is 1. The Morgan fingerprint density at radius 3 is 2.42 bits per heavy atom. The number of hydrogen-bond acceptors (Lipinski definition) is 6. The van der Waals surface area contributed by atoms with Gasteiger partial charge in [0.2, 0.25) is 0 Å². The van der Waals surface area contributed by atoms with Gasteiger partial charge in [-0.25, -0.2) is 13.1 Å². The molecule has 0 aliphatic carbocycles. The molecule has 182 valence electrons. The summed E-state index contributed by atoms with van der Waals surface area (Å²) in [5.74, 6) is -0.548. The third-order valence-corrected chi connectivity index (χ3v) is 8.14. The Balaban J connectivity index is 1.51. The molecule has 0 atom stereocenters. The van der Waals surface area contributed by atoms with Crippen molar-refractivity contribution in [2.45, 2.75) is 10.6 Å². The molecule has 1 fully saturated rings. The predicted octanol–water partition coefficient (Wildman–Crippen LogP) is 4.04. The number of fused-ring (bicyclic) bond motifs is 3. The van der Waals surface area contributed by atoms with Crippen molar-refractivity contribution in [2.24, 2.45) is 0 Å². The second kappa shape index (κ2) is 8.92. The summed E-state index contributed by atoms with van der Waals surface area (Å²) in [6.45, 7) is 1.78. The van der Waals surface area contributed by atoms with Gasteiger partial charge >= 0.3 is 0 Å². The number of amides is 1. The van der Waals surface area contributed by atoms with Crippen LogP contribution in [0.3, 0.4) is 0 Å². The number of anilines is 2. The van der Waals surface area contributed by atoms with Gasteiger partial charge in [0, 0.05) is 35.6 Å². The summed E-state index contributed by atoms with van der Waals surface area (Å²) in [6, 6.07) is 24.4. The van der Waals surface area contributed by atoms with Crippen LogP contribution in [0, 0.1) is 0 Å². The molecule has 3 aromatic carbocycles. The normalized spacial score (nSPS) is 16.2. The van der Waals surface area contributed by atoms with E-state index in [0.717, 1.165) is 17.1 Å². The zero-order valence-electron chi connectivity index (χ0n) is 19.4. The average molecular weight is 501 g/mol. The molecular formula is C27H24N4O4S. The van der Waals surface area contributed by atoms with Gasteiger partial charge in [0.15, 0.2) is 15.5 Å². The molecule has 0 saturated carbocycles. The van der Waals surface area contributed by atoms with E-state index < -0.39 is 9.84 Å². The van der Waals surface area contributed by atoms with Crippen molar-refractivity contribution in [1.82, 2.24) is 14.7 Å². The highest BCUT2D eigenvalue weighted by molar-refractivity contribution is 7.90. The van der Waals surface area contributed by atoms with Gasteiger partial charge < -0.3 is 15.0 Å². The molecule has 3 heterocycles. The summed E-state index contributed by atoms with van der Waals surface area (Å²) < 4.78 is 33.5. The lowest BCUT2D eigenvalue weighted by molar-refractivity contribution is 0.0298. The number of rotatable bonds is 4. The number of hydrogen-bond donors (Lipinski definition) is 1. The first kappa shape index (κ1) is 22.5. The van der Waals surface area contributed by atoms with Crippen LogP contribution in [0.15, 0.2) is 83.8 Å². The topological polar surface area (TPSA) is 93.5 Å². The smallest absolute Gasteiger partial charge is 0.274 e. The van der Waals surface area contributed by atoms with Crippen LogP contribution in [0.1, 0.15) is 16.1 Å². The van der Waals surface area contributed by atoms with Gasteiger partial charge in [-0.3, -0.25) is 4.79 Å². The molecule has 0 radical (unpaired) electrons. The Morgan fingerprint density at radius 1 is 0.889 bits per heavy atom. The molecule has 0 bridgehead atoms. The highest BCUT2D eigenvalue weighted by Gasteiger charge is 2.37. The third kappa shape index (κ3) is 3.96. The molecule has 36 heavy (non-hydrogen) atoms. The molecule has 4 aromatic rings. The summed E-state index contributed by atoms with van der Waals surface area (Å²) >= 11 is 0. The molecule has 0 spiro atoms. The fraction of sp³-hybridized carbons (Fsp3) is 0.185. The minimum atomic E-state index is -3.62. The molecule has 9 heteroatoms. The van der Waals surface area contributed by atoms with Crippen molar-refractivity contribution in [3.05, 3.63) is 90.1 Å². The lowest BCUT2D eigenvalue weighted by atomic mass is 10.0. The van der Waals surface area contributed by atoms with Gasteiger partial charge in [0.1, 0.15) is 0 Å². The van der Waals surface area contributed by atoms with Crippen molar-refractivity contribution in [3.8, 4) is 16.9 Å². The first-order valence-corrected chi connectivity index (χ1v) is 13.4. The van der Waals surface area contributed by atoms with E-state index in [0.29, 0.717) is 43.1 Å². The largest absolute Gasteiger partial charge is 0.378 e. The summed E-state index contributed by atoms with van der Waals surface area (Å²) in [7, 11) is -3.62. The standard InChI is InChI=1S/C27H24N4O4S/c32-27(30-13-15-35-16-14-30)25-23-18-36(33,34)24-12-5-4-11-22(24)26(23)31(29-25)21-10-6-9-20(17-21)28-19-7-2-1-3-8-19/h1-12,17,28H,13-16,18H2. The average Bonchev–Trinajstić information content (AvgIpc) is 3.28. The summed E-state index contributed by atoms with van der Waals surface area (Å²) in [4.78, 5) is 15.5. The number of nitrogens with zero attached hydrogens (tertiary/aromatic N) is 3. The predicted molar refractivity (Wildman–Crippen MR) is 136 cm³/mol. The fourth-order valence-corrected chi connectivity index (χ4v) is 6.34. The highest BCUT2D eigenvalue weighted by atomic mass is 32.2. The second-order valence-corrected chi connectivity index (χ2v) is 10.7. The molecule has 1 amide bonds. The van der Waals surface area contributed by atoms with Crippen LogP contribution < -0.4 is 5.32 Å². The molecule has 0 unspecified atom stereocenters. The van der Waals surface area contributed by atoms with Crippen LogP contribution in [0.5, 0.6) is 0 Å². The van der Waals surface area contributed by atoms with Gasteiger partial charge in [-0.05, 0) is 36.4 Å². The monoisotopic (exact) mass is 500 g/mol. The van der Waals surface area contributed by atoms with Crippen LogP contribution in [0.25, 0.3) is 16.9 Å². The number of aromatic nitrogens is 2. The number of carbonyl (C=O) groups excluding carboxylic acids is 1.